The lowest BCUT2D eigenvalue weighted by molar-refractivity contribution is -0.143. The van der Waals surface area contributed by atoms with Crippen LogP contribution in [0, 0.1) is 0 Å². The average Bonchev–Trinajstić information content (AvgIpc) is 2.63. The summed E-state index contributed by atoms with van der Waals surface area (Å²) in [6.45, 7) is 0.304. The zero-order valence-corrected chi connectivity index (χ0v) is 16.0. The van der Waals surface area contributed by atoms with Gasteiger partial charge in [-0.3, -0.25) is 4.79 Å². The van der Waals surface area contributed by atoms with E-state index in [4.69, 9.17) is 9.84 Å². The molecule has 6 heteroatoms. The molecule has 1 amide bonds. The fourth-order valence-corrected chi connectivity index (χ4v) is 3.72. The molecule has 2 atom stereocenters. The molecule has 1 N–H and O–H groups in total. The predicted molar refractivity (Wildman–Crippen MR) is 101 cm³/mol. The molecule has 1 heterocycles. The van der Waals surface area contributed by atoms with E-state index in [1.54, 1.807) is 30.1 Å². The smallest absolute Gasteiger partial charge is 0.335 e. The van der Waals surface area contributed by atoms with Crippen LogP contribution < -0.4 is 0 Å². The number of amides is 1. The Labute approximate surface area is 160 Å². The van der Waals surface area contributed by atoms with Crippen LogP contribution in [-0.2, 0) is 16.1 Å². The highest BCUT2D eigenvalue weighted by molar-refractivity contribution is 9.10. The number of nitrogens with zero attached hydrogens (tertiary/aromatic N) is 1. The lowest BCUT2D eigenvalue weighted by atomic mass is 9.92. The molecule has 1 aliphatic rings. The Hall–Kier alpha value is -2.18. The Morgan fingerprint density at radius 1 is 1.27 bits per heavy atom. The Bertz CT molecular complexity index is 823. The normalized spacial score (nSPS) is 20.2. The summed E-state index contributed by atoms with van der Waals surface area (Å²) in [4.78, 5) is 25.1. The molecule has 5 nitrogen and oxygen atoms in total. The van der Waals surface area contributed by atoms with Gasteiger partial charge in [0.2, 0.25) is 5.91 Å². The van der Waals surface area contributed by atoms with E-state index in [1.807, 2.05) is 30.3 Å². The fourth-order valence-electron chi connectivity index (χ4n) is 3.31. The van der Waals surface area contributed by atoms with Gasteiger partial charge in [0.05, 0.1) is 24.3 Å². The second-order valence-corrected chi connectivity index (χ2v) is 7.31. The number of likely N-dealkylation sites (N-methyl/N-ethyl adjacent to an activating group) is 1. The molecule has 0 spiro atoms. The monoisotopic (exact) mass is 417 g/mol. The maximum Gasteiger partial charge on any atom is 0.335 e. The molecule has 0 unspecified atom stereocenters. The zero-order chi connectivity index (χ0) is 18.7. The number of carboxylic acids is 1. The summed E-state index contributed by atoms with van der Waals surface area (Å²) in [6, 6.07) is 14.4. The standard InChI is InChI=1S/C20H20BrNO4/c1-22-18(23)9-8-17(19(22)14-5-3-7-16(21)11-14)26-12-13-4-2-6-15(10-13)20(24)25/h2-7,10-11,17,19H,8-9,12H2,1H3,(H,24,25)/t17-,19+/m0/s1. The third kappa shape index (κ3) is 4.14. The van der Waals surface area contributed by atoms with Gasteiger partial charge >= 0.3 is 5.97 Å². The number of carbonyl (C=O) groups excluding carboxylic acids is 1. The van der Waals surface area contributed by atoms with Crippen LogP contribution in [0.2, 0.25) is 0 Å². The molecule has 0 aliphatic carbocycles. The number of carbonyl (C=O) groups is 2. The molecule has 26 heavy (non-hydrogen) atoms. The lowest BCUT2D eigenvalue weighted by Crippen LogP contribution is -2.44. The minimum atomic E-state index is -0.957. The molecule has 0 bridgehead atoms. The average molecular weight is 418 g/mol. The molecule has 0 saturated carbocycles. The summed E-state index contributed by atoms with van der Waals surface area (Å²) in [7, 11) is 1.80. The van der Waals surface area contributed by atoms with Crippen molar-refractivity contribution in [2.24, 2.45) is 0 Å². The Kier molecular flexibility index (Phi) is 5.74. The van der Waals surface area contributed by atoms with Crippen molar-refractivity contribution in [3.63, 3.8) is 0 Å². The van der Waals surface area contributed by atoms with E-state index in [-0.39, 0.29) is 23.6 Å². The maximum absolute atomic E-state index is 12.2. The summed E-state index contributed by atoms with van der Waals surface area (Å²) in [5.41, 5.74) is 2.06. The molecule has 0 aromatic heterocycles. The first-order valence-electron chi connectivity index (χ1n) is 8.40. The molecular weight excluding hydrogens is 398 g/mol. The number of hydrogen-bond donors (Lipinski definition) is 1. The topological polar surface area (TPSA) is 66.8 Å². The van der Waals surface area contributed by atoms with Gasteiger partial charge in [-0.1, -0.05) is 40.2 Å². The number of aromatic carboxylic acids is 1. The Morgan fingerprint density at radius 3 is 2.77 bits per heavy atom. The van der Waals surface area contributed by atoms with Crippen LogP contribution in [0.1, 0.15) is 40.4 Å². The van der Waals surface area contributed by atoms with E-state index in [2.05, 4.69) is 15.9 Å². The van der Waals surface area contributed by atoms with Crippen molar-refractivity contribution in [1.29, 1.82) is 0 Å². The molecular formula is C20H20BrNO4. The zero-order valence-electron chi connectivity index (χ0n) is 14.4. The molecule has 3 rings (SSSR count). The molecule has 1 aliphatic heterocycles. The van der Waals surface area contributed by atoms with Crippen LogP contribution in [0.15, 0.2) is 53.0 Å². The lowest BCUT2D eigenvalue weighted by Gasteiger charge is -2.39. The number of benzene rings is 2. The van der Waals surface area contributed by atoms with Crippen LogP contribution in [-0.4, -0.2) is 35.0 Å². The molecule has 136 valence electrons. The second-order valence-electron chi connectivity index (χ2n) is 6.40. The molecule has 0 radical (unpaired) electrons. The number of halogens is 1. The van der Waals surface area contributed by atoms with Crippen molar-refractivity contribution in [3.05, 3.63) is 69.7 Å². The van der Waals surface area contributed by atoms with Crippen molar-refractivity contribution >= 4 is 27.8 Å². The number of hydrogen-bond acceptors (Lipinski definition) is 3. The van der Waals surface area contributed by atoms with Crippen LogP contribution in [0.4, 0.5) is 0 Å². The minimum absolute atomic E-state index is 0.0997. The van der Waals surface area contributed by atoms with Gasteiger partial charge in [-0.25, -0.2) is 4.79 Å². The first-order chi connectivity index (χ1) is 12.5. The van der Waals surface area contributed by atoms with Crippen molar-refractivity contribution in [2.75, 3.05) is 7.05 Å². The summed E-state index contributed by atoms with van der Waals surface area (Å²) >= 11 is 3.48. The Morgan fingerprint density at radius 2 is 2.04 bits per heavy atom. The van der Waals surface area contributed by atoms with E-state index in [0.29, 0.717) is 19.4 Å². The van der Waals surface area contributed by atoms with Gasteiger partial charge in [-0.15, -0.1) is 0 Å². The van der Waals surface area contributed by atoms with E-state index < -0.39 is 5.97 Å². The van der Waals surface area contributed by atoms with E-state index in [9.17, 15) is 9.59 Å². The molecule has 1 fully saturated rings. The first kappa shape index (κ1) is 18.6. The summed E-state index contributed by atoms with van der Waals surface area (Å²) in [5.74, 6) is -0.857. The second kappa shape index (κ2) is 8.01. The van der Waals surface area contributed by atoms with Crippen LogP contribution in [0.5, 0.6) is 0 Å². The van der Waals surface area contributed by atoms with Gasteiger partial charge in [0.25, 0.3) is 0 Å². The van der Waals surface area contributed by atoms with E-state index in [0.717, 1.165) is 15.6 Å². The third-order valence-corrected chi connectivity index (χ3v) is 5.13. The van der Waals surface area contributed by atoms with E-state index in [1.165, 1.54) is 0 Å². The van der Waals surface area contributed by atoms with Gasteiger partial charge < -0.3 is 14.7 Å². The van der Waals surface area contributed by atoms with Gasteiger partial charge in [-0.2, -0.15) is 0 Å². The number of rotatable bonds is 5. The van der Waals surface area contributed by atoms with Gasteiger partial charge in [0, 0.05) is 17.9 Å². The highest BCUT2D eigenvalue weighted by Gasteiger charge is 2.35. The van der Waals surface area contributed by atoms with Crippen molar-refractivity contribution in [1.82, 2.24) is 4.90 Å². The number of piperidine rings is 1. The van der Waals surface area contributed by atoms with Crippen molar-refractivity contribution in [2.45, 2.75) is 31.6 Å². The highest BCUT2D eigenvalue weighted by atomic mass is 79.9. The third-order valence-electron chi connectivity index (χ3n) is 4.63. The quantitative estimate of drug-likeness (QED) is 0.797. The highest BCUT2D eigenvalue weighted by Crippen LogP contribution is 2.34. The van der Waals surface area contributed by atoms with Gasteiger partial charge in [0.15, 0.2) is 0 Å². The van der Waals surface area contributed by atoms with Crippen LogP contribution >= 0.6 is 15.9 Å². The molecule has 2 aromatic rings. The summed E-state index contributed by atoms with van der Waals surface area (Å²) in [5, 5.41) is 9.12. The van der Waals surface area contributed by atoms with Crippen molar-refractivity contribution in [3.8, 4) is 0 Å². The van der Waals surface area contributed by atoms with Crippen LogP contribution in [0.3, 0.4) is 0 Å². The maximum atomic E-state index is 12.2. The number of carboxylic acid groups (broad SMARTS) is 1. The molecule has 2 aromatic carbocycles. The van der Waals surface area contributed by atoms with Gasteiger partial charge in [0.1, 0.15) is 0 Å². The fraction of sp³-hybridized carbons (Fsp3) is 0.300. The van der Waals surface area contributed by atoms with E-state index >= 15 is 0 Å². The first-order valence-corrected chi connectivity index (χ1v) is 9.20. The van der Waals surface area contributed by atoms with Gasteiger partial charge in [-0.05, 0) is 41.8 Å². The van der Waals surface area contributed by atoms with Crippen LogP contribution in [0.25, 0.3) is 0 Å². The number of ether oxygens (including phenoxy) is 1. The Balaban J connectivity index is 1.79. The minimum Gasteiger partial charge on any atom is -0.478 e. The SMILES string of the molecule is CN1C(=O)CC[C@H](OCc2cccc(C(=O)O)c2)[C@H]1c1cccc(Br)c1. The summed E-state index contributed by atoms with van der Waals surface area (Å²) in [6.07, 6.45) is 0.931. The molecule has 1 saturated heterocycles. The van der Waals surface area contributed by atoms with Crippen molar-refractivity contribution < 1.29 is 19.4 Å². The largest absolute Gasteiger partial charge is 0.478 e. The number of likely N-dealkylation sites (tertiary alicyclic amines) is 1. The predicted octanol–water partition coefficient (Wildman–Crippen LogP) is 4.03. The summed E-state index contributed by atoms with van der Waals surface area (Å²) < 4.78 is 7.08.